The van der Waals surface area contributed by atoms with Gasteiger partial charge in [-0.3, -0.25) is 9.78 Å². The largest absolute Gasteiger partial charge is 0.483 e. The van der Waals surface area contributed by atoms with Crippen molar-refractivity contribution in [2.45, 2.75) is 30.4 Å². The molecule has 1 aromatic heterocycles. The molecule has 2 aliphatic heterocycles. The summed E-state index contributed by atoms with van der Waals surface area (Å²) in [6.07, 6.45) is 2.18. The van der Waals surface area contributed by atoms with Crippen molar-refractivity contribution in [3.05, 3.63) is 54.4 Å². The molecular weight excluding hydrogens is 406 g/mol. The van der Waals surface area contributed by atoms with E-state index in [1.54, 1.807) is 47.5 Å². The predicted molar refractivity (Wildman–Crippen MR) is 109 cm³/mol. The summed E-state index contributed by atoms with van der Waals surface area (Å²) in [4.78, 5) is 18.6. The van der Waals surface area contributed by atoms with Crippen LogP contribution in [-0.2, 0) is 26.1 Å². The van der Waals surface area contributed by atoms with E-state index in [0.717, 1.165) is 0 Å². The number of benzene rings is 1. The van der Waals surface area contributed by atoms with Gasteiger partial charge in [0, 0.05) is 25.8 Å². The number of amides is 1. The molecule has 1 saturated heterocycles. The molecule has 0 radical (unpaired) electrons. The summed E-state index contributed by atoms with van der Waals surface area (Å²) < 4.78 is 39.9. The lowest BCUT2D eigenvalue weighted by Crippen LogP contribution is -2.49. The molecule has 0 unspecified atom stereocenters. The number of nitrogens with zero attached hydrogens (tertiary/aromatic N) is 3. The van der Waals surface area contributed by atoms with Gasteiger partial charge in [0.15, 0.2) is 0 Å². The molecule has 1 fully saturated rings. The fourth-order valence-corrected chi connectivity index (χ4v) is 5.52. The van der Waals surface area contributed by atoms with Crippen LogP contribution in [-0.4, -0.2) is 67.0 Å². The van der Waals surface area contributed by atoms with Gasteiger partial charge in [0.1, 0.15) is 22.9 Å². The molecule has 8 nitrogen and oxygen atoms in total. The average molecular weight is 432 g/mol. The highest BCUT2D eigenvalue weighted by Crippen LogP contribution is 2.38. The minimum atomic E-state index is -3.79. The van der Waals surface area contributed by atoms with Gasteiger partial charge in [-0.1, -0.05) is 18.2 Å². The first-order chi connectivity index (χ1) is 14.4. The third-order valence-electron chi connectivity index (χ3n) is 5.42. The van der Waals surface area contributed by atoms with Gasteiger partial charge in [-0.25, -0.2) is 8.42 Å². The van der Waals surface area contributed by atoms with E-state index in [9.17, 15) is 13.2 Å². The molecule has 1 spiro atoms. The first kappa shape index (κ1) is 20.8. The van der Waals surface area contributed by atoms with Crippen molar-refractivity contribution in [1.82, 2.24) is 14.2 Å². The second-order valence-corrected chi connectivity index (χ2v) is 9.43. The third-order valence-corrected chi connectivity index (χ3v) is 7.25. The normalized spacial score (nSPS) is 23.0. The lowest BCUT2D eigenvalue weighted by Gasteiger charge is -2.31. The Kier molecular flexibility index (Phi) is 5.77. The first-order valence-corrected chi connectivity index (χ1v) is 11.4. The number of para-hydroxylation sites is 1. The quantitative estimate of drug-likeness (QED) is 0.716. The van der Waals surface area contributed by atoms with Crippen LogP contribution >= 0.6 is 0 Å². The van der Waals surface area contributed by atoms with E-state index in [-0.39, 0.29) is 30.5 Å². The van der Waals surface area contributed by atoms with Crippen LogP contribution in [0.4, 0.5) is 0 Å². The molecule has 1 amide bonds. The Morgan fingerprint density at radius 3 is 2.77 bits per heavy atom. The highest BCUT2D eigenvalue weighted by molar-refractivity contribution is 7.89. The number of carbonyl (C=O) groups is 1. The first-order valence-electron chi connectivity index (χ1n) is 9.97. The number of ether oxygens (including phenoxy) is 2. The Balaban J connectivity index is 1.67. The molecule has 0 bridgehead atoms. The molecule has 30 heavy (non-hydrogen) atoms. The van der Waals surface area contributed by atoms with Crippen molar-refractivity contribution in [3.63, 3.8) is 0 Å². The summed E-state index contributed by atoms with van der Waals surface area (Å²) in [5.41, 5.74) is -0.172. The number of pyridine rings is 1. The van der Waals surface area contributed by atoms with Crippen LogP contribution in [0, 0.1) is 0 Å². The molecule has 0 aliphatic carbocycles. The van der Waals surface area contributed by atoms with Crippen LogP contribution < -0.4 is 4.74 Å². The van der Waals surface area contributed by atoms with Crippen LogP contribution in [0.25, 0.3) is 0 Å². The van der Waals surface area contributed by atoms with Crippen LogP contribution in [0.3, 0.4) is 0 Å². The average Bonchev–Trinajstić information content (AvgIpc) is 3.12. The number of sulfonamides is 1. The number of carbonyl (C=O) groups excluding carboxylic acids is 1. The van der Waals surface area contributed by atoms with Crippen molar-refractivity contribution < 1.29 is 22.7 Å². The predicted octanol–water partition coefficient (Wildman–Crippen LogP) is 1.67. The minimum absolute atomic E-state index is 0.0130. The summed E-state index contributed by atoms with van der Waals surface area (Å²) in [5, 5.41) is 0. The number of likely N-dealkylation sites (tertiary alicyclic amines) is 1. The fraction of sp³-hybridized carbons (Fsp3) is 0.429. The van der Waals surface area contributed by atoms with Gasteiger partial charge in [-0.05, 0) is 31.2 Å². The van der Waals surface area contributed by atoms with E-state index < -0.39 is 15.6 Å². The van der Waals surface area contributed by atoms with E-state index >= 15 is 0 Å². The molecule has 2 aliphatic rings. The second kappa shape index (κ2) is 8.33. The maximum Gasteiger partial charge on any atom is 0.248 e. The van der Waals surface area contributed by atoms with Crippen LogP contribution in [0.1, 0.15) is 19.0 Å². The molecule has 1 atom stereocenters. The van der Waals surface area contributed by atoms with Gasteiger partial charge in [-0.2, -0.15) is 4.31 Å². The minimum Gasteiger partial charge on any atom is -0.483 e. The summed E-state index contributed by atoms with van der Waals surface area (Å²) >= 11 is 0. The molecule has 0 saturated carbocycles. The van der Waals surface area contributed by atoms with Crippen molar-refractivity contribution in [2.75, 3.05) is 32.8 Å². The maximum atomic E-state index is 13.4. The van der Waals surface area contributed by atoms with Gasteiger partial charge < -0.3 is 14.4 Å². The summed E-state index contributed by atoms with van der Waals surface area (Å²) in [5.74, 6) is 0.203. The summed E-state index contributed by atoms with van der Waals surface area (Å²) in [6.45, 7) is 3.38. The molecule has 160 valence electrons. The number of aromatic nitrogens is 1. The monoisotopic (exact) mass is 431 g/mol. The molecular formula is C21H25N3O5S. The van der Waals surface area contributed by atoms with Crippen LogP contribution in [0.15, 0.2) is 53.6 Å². The number of rotatable bonds is 5. The molecule has 9 heteroatoms. The summed E-state index contributed by atoms with van der Waals surface area (Å²) in [7, 11) is -3.79. The fourth-order valence-electron chi connectivity index (χ4n) is 3.92. The van der Waals surface area contributed by atoms with Gasteiger partial charge in [0.2, 0.25) is 15.9 Å². The van der Waals surface area contributed by atoms with Gasteiger partial charge in [0.05, 0.1) is 25.3 Å². The SMILES string of the molecule is CCOCC(=O)N1CC[C@]2(C1)CN(Cc1ccccn1)S(=O)(=O)c1ccccc1O2. The molecule has 2 aromatic rings. The summed E-state index contributed by atoms with van der Waals surface area (Å²) in [6, 6.07) is 12.1. The van der Waals surface area contributed by atoms with Gasteiger partial charge >= 0.3 is 0 Å². The van der Waals surface area contributed by atoms with Crippen LogP contribution in [0.2, 0.25) is 0 Å². The standard InChI is InChI=1S/C21H25N3O5S/c1-2-28-14-20(25)23-12-10-21(15-23)16-24(13-17-7-5-6-11-22-17)30(26,27)19-9-4-3-8-18(19)29-21/h3-9,11H,2,10,12-16H2,1H3/t21-/m0/s1. The lowest BCUT2D eigenvalue weighted by molar-refractivity contribution is -0.135. The van der Waals surface area contributed by atoms with E-state index in [4.69, 9.17) is 9.47 Å². The zero-order valence-electron chi connectivity index (χ0n) is 16.9. The molecule has 4 rings (SSSR count). The van der Waals surface area contributed by atoms with Crippen LogP contribution in [0.5, 0.6) is 5.75 Å². The topological polar surface area (TPSA) is 89.0 Å². The Hall–Kier alpha value is -2.49. The Morgan fingerprint density at radius 2 is 2.00 bits per heavy atom. The molecule has 0 N–H and O–H groups in total. The van der Waals surface area contributed by atoms with Crippen molar-refractivity contribution >= 4 is 15.9 Å². The third kappa shape index (κ3) is 4.05. The van der Waals surface area contributed by atoms with E-state index in [0.29, 0.717) is 37.6 Å². The number of fused-ring (bicyclic) bond motifs is 1. The van der Waals surface area contributed by atoms with Gasteiger partial charge in [-0.15, -0.1) is 0 Å². The van der Waals surface area contributed by atoms with E-state index in [1.807, 2.05) is 13.0 Å². The number of hydrogen-bond acceptors (Lipinski definition) is 6. The number of hydrogen-bond donors (Lipinski definition) is 0. The van der Waals surface area contributed by atoms with Gasteiger partial charge in [0.25, 0.3) is 0 Å². The van der Waals surface area contributed by atoms with E-state index in [1.165, 1.54) is 4.31 Å². The Labute approximate surface area is 176 Å². The lowest BCUT2D eigenvalue weighted by atomic mass is 10.0. The zero-order chi connectivity index (χ0) is 21.2. The Morgan fingerprint density at radius 1 is 1.20 bits per heavy atom. The maximum absolute atomic E-state index is 13.4. The van der Waals surface area contributed by atoms with Crippen molar-refractivity contribution in [3.8, 4) is 5.75 Å². The van der Waals surface area contributed by atoms with Crippen molar-refractivity contribution in [2.24, 2.45) is 0 Å². The Bertz CT molecular complexity index is 1010. The zero-order valence-corrected chi connectivity index (χ0v) is 17.7. The van der Waals surface area contributed by atoms with Crippen molar-refractivity contribution in [1.29, 1.82) is 0 Å². The highest BCUT2D eigenvalue weighted by Gasteiger charge is 2.48. The smallest absolute Gasteiger partial charge is 0.248 e. The second-order valence-electron chi connectivity index (χ2n) is 7.53. The molecule has 3 heterocycles. The highest BCUT2D eigenvalue weighted by atomic mass is 32.2. The molecule has 1 aromatic carbocycles. The van der Waals surface area contributed by atoms with E-state index in [2.05, 4.69) is 4.98 Å².